The van der Waals surface area contributed by atoms with Crippen molar-refractivity contribution in [1.82, 2.24) is 5.32 Å². The molecule has 0 atom stereocenters. The topological polar surface area (TPSA) is 21.3 Å². The third-order valence-electron chi connectivity index (χ3n) is 2.37. The van der Waals surface area contributed by atoms with E-state index in [9.17, 15) is 0 Å². The van der Waals surface area contributed by atoms with Gasteiger partial charge in [-0.3, -0.25) is 0 Å². The molecule has 2 nitrogen and oxygen atoms in total. The largest absolute Gasteiger partial charge is 0.380 e. The Kier molecular flexibility index (Phi) is 7.14. The van der Waals surface area contributed by atoms with Crippen LogP contribution >= 0.6 is 11.3 Å². The van der Waals surface area contributed by atoms with Gasteiger partial charge in [0.15, 0.2) is 0 Å². The molecule has 1 N–H and O–H groups in total. The van der Waals surface area contributed by atoms with Crippen LogP contribution in [0.25, 0.3) is 0 Å². The van der Waals surface area contributed by atoms with Gasteiger partial charge in [-0.1, -0.05) is 6.08 Å². The van der Waals surface area contributed by atoms with E-state index in [2.05, 4.69) is 30.3 Å². The Morgan fingerprint density at radius 3 is 3.06 bits per heavy atom. The molecule has 0 spiro atoms. The molecule has 0 saturated carbocycles. The number of aryl methyl sites for hydroxylation is 1. The summed E-state index contributed by atoms with van der Waals surface area (Å²) < 4.78 is 5.48. The maximum Gasteiger partial charge on any atom is 0.0591 e. The van der Waals surface area contributed by atoms with Gasteiger partial charge in [0.1, 0.15) is 0 Å². The molecule has 1 rings (SSSR count). The highest BCUT2D eigenvalue weighted by Gasteiger charge is 1.98. The fourth-order valence-corrected chi connectivity index (χ4v) is 2.24. The third-order valence-corrected chi connectivity index (χ3v) is 3.40. The Balaban J connectivity index is 1.92. The summed E-state index contributed by atoms with van der Waals surface area (Å²) in [6.07, 6.45) is 4.05. The maximum absolute atomic E-state index is 5.48. The molecule has 0 aliphatic heterocycles. The highest BCUT2D eigenvalue weighted by Crippen LogP contribution is 2.14. The Morgan fingerprint density at radius 2 is 2.38 bits per heavy atom. The number of allylic oxidation sites excluding steroid dienone is 1. The molecule has 0 unspecified atom stereocenters. The number of ether oxygens (including phenoxy) is 1. The van der Waals surface area contributed by atoms with E-state index in [0.29, 0.717) is 0 Å². The van der Waals surface area contributed by atoms with Crippen molar-refractivity contribution in [1.29, 1.82) is 0 Å². The molecule has 0 saturated heterocycles. The van der Waals surface area contributed by atoms with Crippen LogP contribution < -0.4 is 5.32 Å². The van der Waals surface area contributed by atoms with Gasteiger partial charge in [0, 0.05) is 24.6 Å². The molecule has 0 amide bonds. The summed E-state index contributed by atoms with van der Waals surface area (Å²) in [6, 6.07) is 2.16. The fourth-order valence-electron chi connectivity index (χ4n) is 1.36. The summed E-state index contributed by atoms with van der Waals surface area (Å²) in [4.78, 5) is 1.42. The number of thiophene rings is 1. The maximum atomic E-state index is 5.48. The van der Waals surface area contributed by atoms with Gasteiger partial charge < -0.3 is 10.1 Å². The fraction of sp³-hybridized carbons (Fsp3) is 0.538. The lowest BCUT2D eigenvalue weighted by molar-refractivity contribution is 0.134. The molecular formula is C13H21NOS. The molecule has 0 fully saturated rings. The second-order valence-electron chi connectivity index (χ2n) is 3.75. The van der Waals surface area contributed by atoms with E-state index < -0.39 is 0 Å². The lowest BCUT2D eigenvalue weighted by Gasteiger charge is -2.05. The van der Waals surface area contributed by atoms with Gasteiger partial charge >= 0.3 is 0 Å². The molecule has 1 heterocycles. The number of rotatable bonds is 9. The van der Waals surface area contributed by atoms with Crippen LogP contribution in [0, 0.1) is 6.92 Å². The Labute approximate surface area is 102 Å². The lowest BCUT2D eigenvalue weighted by atomic mass is 10.3. The van der Waals surface area contributed by atoms with Crippen LogP contribution in [0.2, 0.25) is 0 Å². The predicted octanol–water partition coefficient (Wildman–Crippen LogP) is 3.13. The highest BCUT2D eigenvalue weighted by atomic mass is 32.1. The van der Waals surface area contributed by atoms with Crippen LogP contribution in [-0.2, 0) is 11.3 Å². The van der Waals surface area contributed by atoms with Gasteiger partial charge in [-0.05, 0) is 36.8 Å². The summed E-state index contributed by atoms with van der Waals surface area (Å²) >= 11 is 1.81. The Morgan fingerprint density at radius 1 is 1.50 bits per heavy atom. The van der Waals surface area contributed by atoms with Gasteiger partial charge in [0.25, 0.3) is 0 Å². The molecule has 90 valence electrons. The molecule has 0 aliphatic carbocycles. The normalized spacial score (nSPS) is 10.6. The van der Waals surface area contributed by atoms with E-state index in [1.165, 1.54) is 10.4 Å². The number of hydrogen-bond acceptors (Lipinski definition) is 3. The minimum absolute atomic E-state index is 0.793. The van der Waals surface area contributed by atoms with Crippen LogP contribution in [0.15, 0.2) is 24.1 Å². The van der Waals surface area contributed by atoms with Gasteiger partial charge in [-0.2, -0.15) is 0 Å². The molecule has 1 aromatic heterocycles. The summed E-state index contributed by atoms with van der Waals surface area (Å²) in [6.45, 7) is 9.34. The monoisotopic (exact) mass is 239 g/mol. The summed E-state index contributed by atoms with van der Waals surface area (Å²) in [5, 5.41) is 5.52. The quantitative estimate of drug-likeness (QED) is 0.528. The van der Waals surface area contributed by atoms with Crippen molar-refractivity contribution < 1.29 is 4.74 Å². The zero-order valence-corrected chi connectivity index (χ0v) is 10.8. The number of unbranched alkanes of at least 4 members (excludes halogenated alkanes) is 1. The molecule has 0 aromatic carbocycles. The zero-order chi connectivity index (χ0) is 11.6. The first-order valence-corrected chi connectivity index (χ1v) is 6.65. The van der Waals surface area contributed by atoms with Crippen LogP contribution in [-0.4, -0.2) is 19.8 Å². The van der Waals surface area contributed by atoms with Gasteiger partial charge in [-0.25, -0.2) is 0 Å². The first-order valence-electron chi connectivity index (χ1n) is 5.77. The van der Waals surface area contributed by atoms with E-state index in [-0.39, 0.29) is 0 Å². The van der Waals surface area contributed by atoms with Crippen LogP contribution in [0.5, 0.6) is 0 Å². The molecule has 3 heteroatoms. The minimum Gasteiger partial charge on any atom is -0.380 e. The van der Waals surface area contributed by atoms with Gasteiger partial charge in [0.05, 0.1) is 6.61 Å². The van der Waals surface area contributed by atoms with Crippen LogP contribution in [0.4, 0.5) is 0 Å². The summed E-state index contributed by atoms with van der Waals surface area (Å²) in [5.74, 6) is 0. The average Bonchev–Trinajstić information content (AvgIpc) is 2.68. The van der Waals surface area contributed by atoms with Crippen molar-refractivity contribution in [2.24, 2.45) is 0 Å². The predicted molar refractivity (Wildman–Crippen MR) is 71.0 cm³/mol. The van der Waals surface area contributed by atoms with E-state index in [0.717, 1.165) is 39.1 Å². The number of hydrogen-bond donors (Lipinski definition) is 1. The smallest absolute Gasteiger partial charge is 0.0591 e. The van der Waals surface area contributed by atoms with Gasteiger partial charge in [-0.15, -0.1) is 17.9 Å². The zero-order valence-electron chi connectivity index (χ0n) is 10.00. The second-order valence-corrected chi connectivity index (χ2v) is 4.75. The van der Waals surface area contributed by atoms with Crippen molar-refractivity contribution in [3.8, 4) is 0 Å². The molecule has 0 bridgehead atoms. The first-order chi connectivity index (χ1) is 7.84. The molecule has 1 aromatic rings. The van der Waals surface area contributed by atoms with Crippen molar-refractivity contribution in [3.05, 3.63) is 34.5 Å². The van der Waals surface area contributed by atoms with E-state index in [4.69, 9.17) is 4.74 Å². The first kappa shape index (κ1) is 13.4. The Bertz CT molecular complexity index is 296. The average molecular weight is 239 g/mol. The SMILES string of the molecule is C=CCCCOCCNCc1sccc1C. The molecule has 0 radical (unpaired) electrons. The molecule has 16 heavy (non-hydrogen) atoms. The Hall–Kier alpha value is -0.640. The van der Waals surface area contributed by atoms with Crippen molar-refractivity contribution in [2.45, 2.75) is 26.3 Å². The van der Waals surface area contributed by atoms with E-state index >= 15 is 0 Å². The minimum atomic E-state index is 0.793. The standard InChI is InChI=1S/C13H21NOS/c1-3-4-5-8-15-9-7-14-11-13-12(2)6-10-16-13/h3,6,10,14H,1,4-5,7-9,11H2,2H3. The third kappa shape index (κ3) is 5.45. The lowest BCUT2D eigenvalue weighted by Crippen LogP contribution is -2.19. The number of nitrogens with one attached hydrogen (secondary N) is 1. The van der Waals surface area contributed by atoms with Crippen LogP contribution in [0.3, 0.4) is 0 Å². The van der Waals surface area contributed by atoms with E-state index in [1.807, 2.05) is 17.4 Å². The highest BCUT2D eigenvalue weighted by molar-refractivity contribution is 7.10. The van der Waals surface area contributed by atoms with Gasteiger partial charge in [0.2, 0.25) is 0 Å². The molecular weight excluding hydrogens is 218 g/mol. The van der Waals surface area contributed by atoms with Crippen molar-refractivity contribution >= 4 is 11.3 Å². The van der Waals surface area contributed by atoms with Crippen molar-refractivity contribution in [2.75, 3.05) is 19.8 Å². The van der Waals surface area contributed by atoms with Crippen molar-refractivity contribution in [3.63, 3.8) is 0 Å². The molecule has 0 aliphatic rings. The summed E-state index contributed by atoms with van der Waals surface area (Å²) in [5.41, 5.74) is 1.38. The summed E-state index contributed by atoms with van der Waals surface area (Å²) in [7, 11) is 0. The second kappa shape index (κ2) is 8.50. The van der Waals surface area contributed by atoms with Crippen LogP contribution in [0.1, 0.15) is 23.3 Å². The van der Waals surface area contributed by atoms with E-state index in [1.54, 1.807) is 0 Å².